The number of rotatable bonds is 8. The lowest BCUT2D eigenvalue weighted by Gasteiger charge is -2.12. The van der Waals surface area contributed by atoms with Gasteiger partial charge in [-0.15, -0.1) is 0 Å². The van der Waals surface area contributed by atoms with Gasteiger partial charge in [0.1, 0.15) is 11.6 Å². The number of methoxy groups -OCH3 is 1. The molecule has 0 aliphatic carbocycles. The van der Waals surface area contributed by atoms with Crippen molar-refractivity contribution in [1.29, 1.82) is 0 Å². The van der Waals surface area contributed by atoms with Crippen LogP contribution in [0.3, 0.4) is 0 Å². The Morgan fingerprint density at radius 1 is 1.63 bits per heavy atom. The van der Waals surface area contributed by atoms with Gasteiger partial charge in [0.25, 0.3) is 0 Å². The minimum Gasteiger partial charge on any atom is -0.475 e. The topological polar surface area (TPSA) is 86.5 Å². The summed E-state index contributed by atoms with van der Waals surface area (Å²) in [6.07, 6.45) is 1.56. The molecule has 0 aliphatic heterocycles. The quantitative estimate of drug-likeness (QED) is 0.684. The first-order valence-electron chi connectivity index (χ1n) is 5.90. The second-order valence-electron chi connectivity index (χ2n) is 3.79. The summed E-state index contributed by atoms with van der Waals surface area (Å²) in [6, 6.07) is 3.40. The van der Waals surface area contributed by atoms with Gasteiger partial charge in [-0.05, 0) is 12.1 Å². The van der Waals surface area contributed by atoms with Gasteiger partial charge in [-0.3, -0.25) is 4.79 Å². The molecule has 1 atom stereocenters. The van der Waals surface area contributed by atoms with Gasteiger partial charge in [0.2, 0.25) is 11.8 Å². The van der Waals surface area contributed by atoms with E-state index < -0.39 is 0 Å². The minimum atomic E-state index is -0.258. The lowest BCUT2D eigenvalue weighted by Crippen LogP contribution is -2.34. The third kappa shape index (κ3) is 5.87. The van der Waals surface area contributed by atoms with E-state index in [0.717, 1.165) is 0 Å². The molecule has 19 heavy (non-hydrogen) atoms. The van der Waals surface area contributed by atoms with E-state index in [2.05, 4.69) is 10.3 Å². The van der Waals surface area contributed by atoms with Crippen LogP contribution in [0, 0.1) is 0 Å². The van der Waals surface area contributed by atoms with Crippen molar-refractivity contribution in [3.8, 4) is 5.88 Å². The van der Waals surface area contributed by atoms with Crippen LogP contribution in [0.25, 0.3) is 0 Å². The first kappa shape index (κ1) is 15.7. The summed E-state index contributed by atoms with van der Waals surface area (Å²) in [5.41, 5.74) is 5.43. The number of carbonyl (C=O) groups excluding carboxylic acids is 1. The van der Waals surface area contributed by atoms with Crippen LogP contribution in [0.2, 0.25) is 5.02 Å². The zero-order valence-corrected chi connectivity index (χ0v) is 11.5. The van der Waals surface area contributed by atoms with Crippen LogP contribution >= 0.6 is 11.6 Å². The van der Waals surface area contributed by atoms with Gasteiger partial charge < -0.3 is 20.5 Å². The summed E-state index contributed by atoms with van der Waals surface area (Å²) in [5.74, 6) is 0.225. The summed E-state index contributed by atoms with van der Waals surface area (Å²) in [6.45, 7) is 0.972. The third-order valence-corrected chi connectivity index (χ3v) is 2.68. The Hall–Kier alpha value is -1.37. The fourth-order valence-corrected chi connectivity index (χ4v) is 1.53. The number of ether oxygens (including phenoxy) is 2. The molecular formula is C12H18ClN3O3. The molecule has 0 spiro atoms. The molecule has 7 heteroatoms. The monoisotopic (exact) mass is 287 g/mol. The number of aromatic nitrogens is 1. The second-order valence-corrected chi connectivity index (χ2v) is 4.19. The molecule has 1 amide bonds. The molecule has 0 bridgehead atoms. The number of pyridine rings is 1. The van der Waals surface area contributed by atoms with Crippen molar-refractivity contribution in [3.63, 3.8) is 0 Å². The second kappa shape index (κ2) is 8.68. The molecule has 3 N–H and O–H groups in total. The van der Waals surface area contributed by atoms with E-state index in [1.165, 1.54) is 7.11 Å². The molecule has 0 saturated carbocycles. The molecule has 0 aromatic carbocycles. The Morgan fingerprint density at radius 3 is 3.05 bits per heavy atom. The largest absolute Gasteiger partial charge is 0.475 e. The predicted octanol–water partition coefficient (Wildman–Crippen LogP) is 0.594. The molecule has 1 heterocycles. The van der Waals surface area contributed by atoms with Crippen LogP contribution < -0.4 is 15.8 Å². The summed E-state index contributed by atoms with van der Waals surface area (Å²) in [4.78, 5) is 15.5. The van der Waals surface area contributed by atoms with Crippen LogP contribution in [-0.2, 0) is 9.53 Å². The SMILES string of the molecule is COC(CN)CC(=O)NCCOc1ncccc1Cl. The van der Waals surface area contributed by atoms with Crippen LogP contribution in [0.5, 0.6) is 5.88 Å². The number of carbonyl (C=O) groups is 1. The molecule has 1 rings (SSSR count). The average Bonchev–Trinajstić information content (AvgIpc) is 2.42. The molecule has 1 unspecified atom stereocenters. The van der Waals surface area contributed by atoms with Gasteiger partial charge in [0, 0.05) is 19.9 Å². The zero-order valence-electron chi connectivity index (χ0n) is 10.8. The Morgan fingerprint density at radius 2 is 2.42 bits per heavy atom. The smallest absolute Gasteiger partial charge is 0.232 e. The fourth-order valence-electron chi connectivity index (χ4n) is 1.36. The highest BCUT2D eigenvalue weighted by Gasteiger charge is 2.10. The molecule has 1 aromatic rings. The van der Waals surface area contributed by atoms with Crippen molar-refractivity contribution in [2.75, 3.05) is 26.8 Å². The average molecular weight is 288 g/mol. The van der Waals surface area contributed by atoms with Gasteiger partial charge in [-0.25, -0.2) is 4.98 Å². The Balaban J connectivity index is 2.20. The Labute approximate surface area is 117 Å². The molecule has 6 nitrogen and oxygen atoms in total. The van der Waals surface area contributed by atoms with E-state index in [1.54, 1.807) is 18.3 Å². The predicted molar refractivity (Wildman–Crippen MR) is 72.2 cm³/mol. The zero-order chi connectivity index (χ0) is 14.1. The molecule has 0 aliphatic rings. The summed E-state index contributed by atoms with van der Waals surface area (Å²) in [5, 5.41) is 3.14. The van der Waals surface area contributed by atoms with Crippen LogP contribution in [0.4, 0.5) is 0 Å². The summed E-state index contributed by atoms with van der Waals surface area (Å²) in [7, 11) is 1.52. The van der Waals surface area contributed by atoms with Gasteiger partial charge in [-0.1, -0.05) is 11.6 Å². The number of amides is 1. The lowest BCUT2D eigenvalue weighted by atomic mass is 10.2. The molecular weight excluding hydrogens is 270 g/mol. The maximum atomic E-state index is 11.5. The number of nitrogens with one attached hydrogen (secondary N) is 1. The van der Waals surface area contributed by atoms with E-state index in [-0.39, 0.29) is 18.4 Å². The normalized spacial score (nSPS) is 11.9. The summed E-state index contributed by atoms with van der Waals surface area (Å²) < 4.78 is 10.3. The van der Waals surface area contributed by atoms with Crippen LogP contribution in [0.15, 0.2) is 18.3 Å². The van der Waals surface area contributed by atoms with Gasteiger partial charge in [0.15, 0.2) is 0 Å². The van der Waals surface area contributed by atoms with Crippen molar-refractivity contribution in [2.45, 2.75) is 12.5 Å². The van der Waals surface area contributed by atoms with Crippen molar-refractivity contribution in [3.05, 3.63) is 23.4 Å². The van der Waals surface area contributed by atoms with Crippen molar-refractivity contribution in [1.82, 2.24) is 10.3 Å². The minimum absolute atomic E-state index is 0.131. The molecule has 0 radical (unpaired) electrons. The highest BCUT2D eigenvalue weighted by atomic mass is 35.5. The maximum Gasteiger partial charge on any atom is 0.232 e. The van der Waals surface area contributed by atoms with Crippen LogP contribution in [-0.4, -0.2) is 43.8 Å². The van der Waals surface area contributed by atoms with Gasteiger partial charge >= 0.3 is 0 Å². The van der Waals surface area contributed by atoms with Gasteiger partial charge in [0.05, 0.1) is 19.1 Å². The number of nitrogens with two attached hydrogens (primary N) is 1. The van der Waals surface area contributed by atoms with E-state index in [0.29, 0.717) is 30.6 Å². The number of halogens is 1. The summed E-state index contributed by atoms with van der Waals surface area (Å²) >= 11 is 5.87. The highest BCUT2D eigenvalue weighted by Crippen LogP contribution is 2.19. The molecule has 0 fully saturated rings. The first-order chi connectivity index (χ1) is 9.17. The van der Waals surface area contributed by atoms with Crippen LogP contribution in [0.1, 0.15) is 6.42 Å². The molecule has 1 aromatic heterocycles. The van der Waals surface area contributed by atoms with Gasteiger partial charge in [-0.2, -0.15) is 0 Å². The highest BCUT2D eigenvalue weighted by molar-refractivity contribution is 6.31. The lowest BCUT2D eigenvalue weighted by molar-refractivity contribution is -0.123. The maximum absolute atomic E-state index is 11.5. The van der Waals surface area contributed by atoms with E-state index in [1.807, 2.05) is 0 Å². The number of hydrogen-bond donors (Lipinski definition) is 2. The van der Waals surface area contributed by atoms with E-state index in [4.69, 9.17) is 26.8 Å². The first-order valence-corrected chi connectivity index (χ1v) is 6.28. The van der Waals surface area contributed by atoms with Crippen molar-refractivity contribution >= 4 is 17.5 Å². The standard InChI is InChI=1S/C12H18ClN3O3/c1-18-9(8-14)7-11(17)15-5-6-19-12-10(13)3-2-4-16-12/h2-4,9H,5-8,14H2,1H3,(H,15,17). The van der Waals surface area contributed by atoms with Crippen molar-refractivity contribution in [2.24, 2.45) is 5.73 Å². The Kier molecular flexibility index (Phi) is 7.17. The fraction of sp³-hybridized carbons (Fsp3) is 0.500. The van der Waals surface area contributed by atoms with E-state index >= 15 is 0 Å². The van der Waals surface area contributed by atoms with E-state index in [9.17, 15) is 4.79 Å². The van der Waals surface area contributed by atoms with Crippen molar-refractivity contribution < 1.29 is 14.3 Å². The third-order valence-electron chi connectivity index (χ3n) is 2.40. The Bertz CT molecular complexity index is 400. The molecule has 106 valence electrons. The number of hydrogen-bond acceptors (Lipinski definition) is 5. The number of nitrogens with zero attached hydrogens (tertiary/aromatic N) is 1. The molecule has 0 saturated heterocycles.